The molecule has 0 saturated carbocycles. The summed E-state index contributed by atoms with van der Waals surface area (Å²) >= 11 is 1.86. The lowest BCUT2D eigenvalue weighted by molar-refractivity contribution is -0.118. The predicted octanol–water partition coefficient (Wildman–Crippen LogP) is 1.60. The molecule has 0 spiro atoms. The first kappa shape index (κ1) is 20.8. The molecule has 1 aromatic rings. The van der Waals surface area contributed by atoms with E-state index < -0.39 is 0 Å². The van der Waals surface area contributed by atoms with Gasteiger partial charge in [-0.1, -0.05) is 6.07 Å². The number of benzene rings is 1. The summed E-state index contributed by atoms with van der Waals surface area (Å²) in [6.45, 7) is 1.83. The fourth-order valence-electron chi connectivity index (χ4n) is 2.36. The summed E-state index contributed by atoms with van der Waals surface area (Å²) in [5.74, 6) is 1.78. The minimum Gasteiger partial charge on any atom is -0.380 e. The highest BCUT2D eigenvalue weighted by Crippen LogP contribution is 2.16. The van der Waals surface area contributed by atoms with Crippen LogP contribution in [0.1, 0.15) is 16.8 Å². The van der Waals surface area contributed by atoms with Gasteiger partial charge in [-0.05, 0) is 18.2 Å². The van der Waals surface area contributed by atoms with Crippen molar-refractivity contribution in [3.05, 3.63) is 29.8 Å². The first-order valence-electron chi connectivity index (χ1n) is 7.64. The molecule has 0 bridgehead atoms. The summed E-state index contributed by atoms with van der Waals surface area (Å²) in [5, 5.41) is 2.79. The van der Waals surface area contributed by atoms with Gasteiger partial charge in [-0.25, -0.2) is 0 Å². The van der Waals surface area contributed by atoms with E-state index in [2.05, 4.69) is 5.32 Å². The molecule has 1 aliphatic rings. The maximum absolute atomic E-state index is 12.5. The van der Waals surface area contributed by atoms with E-state index >= 15 is 0 Å². The molecule has 0 aliphatic carbocycles. The molecule has 1 aliphatic heterocycles. The van der Waals surface area contributed by atoms with Crippen LogP contribution in [0.5, 0.6) is 0 Å². The Morgan fingerprint density at radius 1 is 1.38 bits per heavy atom. The molecule has 2 rings (SSSR count). The zero-order valence-corrected chi connectivity index (χ0v) is 15.3. The Bertz CT molecular complexity index is 549. The SMILES string of the molecule is COC(CN)CC(=O)Nc1cccc(C(=O)N2CCSCC2)c1.Cl. The molecule has 1 fully saturated rings. The van der Waals surface area contributed by atoms with Gasteiger partial charge in [0.2, 0.25) is 5.91 Å². The van der Waals surface area contributed by atoms with Gasteiger partial charge in [-0.15, -0.1) is 12.4 Å². The van der Waals surface area contributed by atoms with Crippen molar-refractivity contribution in [2.75, 3.05) is 43.6 Å². The first-order chi connectivity index (χ1) is 11.1. The van der Waals surface area contributed by atoms with Crippen LogP contribution in [0.2, 0.25) is 0 Å². The molecule has 1 aromatic carbocycles. The summed E-state index contributed by atoms with van der Waals surface area (Å²) in [6, 6.07) is 7.03. The van der Waals surface area contributed by atoms with Gasteiger partial charge in [0.15, 0.2) is 0 Å². The van der Waals surface area contributed by atoms with E-state index in [0.717, 1.165) is 24.6 Å². The Kier molecular flexibility index (Phi) is 9.13. The van der Waals surface area contributed by atoms with Gasteiger partial charge >= 0.3 is 0 Å². The Labute approximate surface area is 152 Å². The highest BCUT2D eigenvalue weighted by molar-refractivity contribution is 7.99. The lowest BCUT2D eigenvalue weighted by Crippen LogP contribution is -2.37. The van der Waals surface area contributed by atoms with Gasteiger partial charge in [-0.3, -0.25) is 9.59 Å². The molecular weight excluding hydrogens is 350 g/mol. The van der Waals surface area contributed by atoms with Gasteiger partial charge in [-0.2, -0.15) is 11.8 Å². The minimum absolute atomic E-state index is 0. The monoisotopic (exact) mass is 373 g/mol. The van der Waals surface area contributed by atoms with Crippen LogP contribution in [-0.2, 0) is 9.53 Å². The van der Waals surface area contributed by atoms with Crippen LogP contribution < -0.4 is 11.1 Å². The minimum atomic E-state index is -0.300. The highest BCUT2D eigenvalue weighted by Gasteiger charge is 2.19. The molecule has 24 heavy (non-hydrogen) atoms. The number of hydrogen-bond acceptors (Lipinski definition) is 5. The number of nitrogens with zero attached hydrogens (tertiary/aromatic N) is 1. The number of amides is 2. The van der Waals surface area contributed by atoms with Crippen molar-refractivity contribution in [2.24, 2.45) is 5.73 Å². The number of ether oxygens (including phenoxy) is 1. The molecular formula is C16H24ClN3O3S. The molecule has 0 aromatic heterocycles. The summed E-state index contributed by atoms with van der Waals surface area (Å²) in [5.41, 5.74) is 6.72. The average molecular weight is 374 g/mol. The Balaban J connectivity index is 0.00000288. The van der Waals surface area contributed by atoms with Gasteiger partial charge in [0.25, 0.3) is 5.91 Å². The standard InChI is InChI=1S/C16H23N3O3S.ClH/c1-22-14(11-17)10-15(20)18-13-4-2-3-12(9-13)16(21)19-5-7-23-8-6-19;/h2-4,9,14H,5-8,10-11,17H2,1H3,(H,18,20);1H. The lowest BCUT2D eigenvalue weighted by Gasteiger charge is -2.26. The van der Waals surface area contributed by atoms with Gasteiger partial charge in [0.05, 0.1) is 12.5 Å². The van der Waals surface area contributed by atoms with E-state index in [1.165, 1.54) is 7.11 Å². The van der Waals surface area contributed by atoms with Crippen LogP contribution in [-0.4, -0.2) is 61.1 Å². The van der Waals surface area contributed by atoms with Crippen LogP contribution in [0.15, 0.2) is 24.3 Å². The van der Waals surface area contributed by atoms with Crippen molar-refractivity contribution in [3.8, 4) is 0 Å². The Morgan fingerprint density at radius 2 is 2.08 bits per heavy atom. The van der Waals surface area contributed by atoms with Crippen molar-refractivity contribution >= 4 is 41.7 Å². The molecule has 1 saturated heterocycles. The van der Waals surface area contributed by atoms with E-state index in [0.29, 0.717) is 11.3 Å². The van der Waals surface area contributed by atoms with E-state index in [1.54, 1.807) is 24.3 Å². The second-order valence-electron chi connectivity index (χ2n) is 5.33. The number of thioether (sulfide) groups is 1. The topological polar surface area (TPSA) is 84.7 Å². The van der Waals surface area contributed by atoms with Crippen LogP contribution >= 0.6 is 24.2 Å². The average Bonchev–Trinajstić information content (AvgIpc) is 2.60. The van der Waals surface area contributed by atoms with Crippen LogP contribution in [0.4, 0.5) is 5.69 Å². The number of methoxy groups -OCH3 is 1. The van der Waals surface area contributed by atoms with Crippen molar-refractivity contribution in [1.29, 1.82) is 0 Å². The molecule has 1 atom stereocenters. The number of nitrogens with two attached hydrogens (primary N) is 1. The van der Waals surface area contributed by atoms with Crippen molar-refractivity contribution in [1.82, 2.24) is 4.90 Å². The number of nitrogens with one attached hydrogen (secondary N) is 1. The van der Waals surface area contributed by atoms with Gasteiger partial charge in [0.1, 0.15) is 0 Å². The first-order valence-corrected chi connectivity index (χ1v) is 8.79. The number of anilines is 1. The maximum atomic E-state index is 12.5. The van der Waals surface area contributed by atoms with E-state index in [9.17, 15) is 9.59 Å². The molecule has 1 heterocycles. The molecule has 8 heteroatoms. The fourth-order valence-corrected chi connectivity index (χ4v) is 3.26. The smallest absolute Gasteiger partial charge is 0.253 e. The summed E-state index contributed by atoms with van der Waals surface area (Å²) in [7, 11) is 1.53. The maximum Gasteiger partial charge on any atom is 0.253 e. The summed E-state index contributed by atoms with van der Waals surface area (Å²) in [4.78, 5) is 26.3. The molecule has 134 valence electrons. The molecule has 6 nitrogen and oxygen atoms in total. The Morgan fingerprint density at radius 3 is 2.71 bits per heavy atom. The normalized spacial score (nSPS) is 15.3. The summed E-state index contributed by atoms with van der Waals surface area (Å²) < 4.78 is 5.10. The molecule has 0 radical (unpaired) electrons. The quantitative estimate of drug-likeness (QED) is 0.791. The fraction of sp³-hybridized carbons (Fsp3) is 0.500. The Hall–Kier alpha value is -1.28. The van der Waals surface area contributed by atoms with Crippen molar-refractivity contribution in [2.45, 2.75) is 12.5 Å². The third kappa shape index (κ3) is 5.98. The lowest BCUT2D eigenvalue weighted by atomic mass is 10.1. The zero-order chi connectivity index (χ0) is 16.7. The summed E-state index contributed by atoms with van der Waals surface area (Å²) in [6.07, 6.45) is -0.111. The van der Waals surface area contributed by atoms with E-state index in [4.69, 9.17) is 10.5 Å². The number of carbonyl (C=O) groups excluding carboxylic acids is 2. The third-order valence-electron chi connectivity index (χ3n) is 3.70. The molecule has 1 unspecified atom stereocenters. The number of rotatable bonds is 6. The number of halogens is 1. The highest BCUT2D eigenvalue weighted by atomic mass is 35.5. The van der Waals surface area contributed by atoms with Gasteiger partial charge < -0.3 is 20.7 Å². The third-order valence-corrected chi connectivity index (χ3v) is 4.64. The van der Waals surface area contributed by atoms with E-state index in [1.807, 2.05) is 16.7 Å². The second kappa shape index (κ2) is 10.6. The van der Waals surface area contributed by atoms with Gasteiger partial charge in [0, 0.05) is 49.5 Å². The van der Waals surface area contributed by atoms with E-state index in [-0.39, 0.29) is 43.3 Å². The number of carbonyl (C=O) groups is 2. The molecule has 2 amide bonds. The second-order valence-corrected chi connectivity index (χ2v) is 6.56. The largest absolute Gasteiger partial charge is 0.380 e. The predicted molar refractivity (Wildman–Crippen MR) is 100 cm³/mol. The van der Waals surface area contributed by atoms with Crippen LogP contribution in [0, 0.1) is 0 Å². The van der Waals surface area contributed by atoms with Crippen LogP contribution in [0.25, 0.3) is 0 Å². The zero-order valence-electron chi connectivity index (χ0n) is 13.7. The van der Waals surface area contributed by atoms with Crippen molar-refractivity contribution in [3.63, 3.8) is 0 Å². The van der Waals surface area contributed by atoms with Crippen molar-refractivity contribution < 1.29 is 14.3 Å². The molecule has 3 N–H and O–H groups in total. The van der Waals surface area contributed by atoms with Crippen LogP contribution in [0.3, 0.4) is 0 Å². The number of hydrogen-bond donors (Lipinski definition) is 2.